The molecule has 0 spiro atoms. The summed E-state index contributed by atoms with van der Waals surface area (Å²) >= 11 is 0. The predicted molar refractivity (Wildman–Crippen MR) is 503 cm³/mol. The van der Waals surface area contributed by atoms with Crippen LogP contribution >= 0.6 is 0 Å². The summed E-state index contributed by atoms with van der Waals surface area (Å²) in [6.45, 7) is 25.5. The van der Waals surface area contributed by atoms with E-state index in [1.54, 1.807) is 27.7 Å². The molecule has 0 aromatic heterocycles. The van der Waals surface area contributed by atoms with Gasteiger partial charge < -0.3 is 228 Å². The van der Waals surface area contributed by atoms with Gasteiger partial charge in [0, 0.05) is 17.4 Å². The first-order valence-electron chi connectivity index (χ1n) is 51.8. The number of ether oxygens (including phenoxy) is 20. The second-order valence-electron chi connectivity index (χ2n) is 45.7. The van der Waals surface area contributed by atoms with Crippen molar-refractivity contribution in [1.29, 1.82) is 0 Å². The molecule has 14 aliphatic rings. The summed E-state index contributed by atoms with van der Waals surface area (Å²) in [5.74, 6) is -4.70. The van der Waals surface area contributed by atoms with Gasteiger partial charge in [0.2, 0.25) is 6.29 Å². The van der Waals surface area contributed by atoms with Crippen molar-refractivity contribution in [3.8, 4) is 0 Å². The maximum atomic E-state index is 16.9. The van der Waals surface area contributed by atoms with E-state index in [9.17, 15) is 138 Å². The van der Waals surface area contributed by atoms with Gasteiger partial charge in [0.1, 0.15) is 182 Å². The van der Waals surface area contributed by atoms with Gasteiger partial charge in [-0.1, -0.05) is 84.4 Å². The summed E-state index contributed by atoms with van der Waals surface area (Å²) in [5, 5.41) is 290. The van der Waals surface area contributed by atoms with Crippen molar-refractivity contribution in [2.45, 2.75) is 455 Å². The van der Waals surface area contributed by atoms with E-state index >= 15 is 9.59 Å². The lowest BCUT2D eigenvalue weighted by Crippen LogP contribution is -2.70. The summed E-state index contributed by atoms with van der Waals surface area (Å²) in [6.07, 6.45) is -67.7. The number of aliphatic hydroxyl groups excluding tert-OH is 26. The molecule has 9 saturated heterocycles. The van der Waals surface area contributed by atoms with E-state index in [4.69, 9.17) is 94.7 Å². The zero-order valence-electron chi connectivity index (χ0n) is 86.5. The van der Waals surface area contributed by atoms with E-state index in [1.807, 2.05) is 20.8 Å². The minimum atomic E-state index is -2.30. The molecule has 5 aliphatic carbocycles. The monoisotopic (exact) mass is 2160 g/mol. The van der Waals surface area contributed by atoms with Crippen molar-refractivity contribution in [3.63, 3.8) is 0 Å². The van der Waals surface area contributed by atoms with Gasteiger partial charge in [0.15, 0.2) is 62.5 Å². The van der Waals surface area contributed by atoms with Crippen molar-refractivity contribution in [2.75, 3.05) is 46.2 Å². The molecule has 858 valence electrons. The maximum absolute atomic E-state index is 16.9. The predicted octanol–water partition coefficient (Wildman–Crippen LogP) is -6.57. The largest absolute Gasteiger partial charge is 0.458 e. The van der Waals surface area contributed by atoms with Gasteiger partial charge in [-0.05, 0) is 152 Å². The Labute approximate surface area is 867 Å². The second kappa shape index (κ2) is 47.7. The highest BCUT2D eigenvalue weighted by Gasteiger charge is 2.74. The van der Waals surface area contributed by atoms with Gasteiger partial charge >= 0.3 is 17.9 Å². The van der Waals surface area contributed by atoms with Crippen molar-refractivity contribution >= 4 is 17.9 Å². The molecule has 150 heavy (non-hydrogen) atoms. The second-order valence-corrected chi connectivity index (χ2v) is 45.7. The third kappa shape index (κ3) is 23.3. The Bertz CT molecular complexity index is 4630. The maximum Gasteiger partial charge on any atom is 0.336 e. The third-order valence-electron chi connectivity index (χ3n) is 35.3. The molecule has 14 rings (SSSR count). The highest BCUT2D eigenvalue weighted by Crippen LogP contribution is 2.77. The molecule has 9 aliphatic heterocycles. The Morgan fingerprint density at radius 1 is 0.427 bits per heavy atom. The van der Waals surface area contributed by atoms with Crippen LogP contribution in [-0.4, -0.2) is 484 Å². The van der Waals surface area contributed by atoms with Gasteiger partial charge in [-0.25, -0.2) is 9.59 Å². The summed E-state index contributed by atoms with van der Waals surface area (Å²) in [6, 6.07) is 0. The van der Waals surface area contributed by atoms with Crippen LogP contribution in [-0.2, 0) is 109 Å². The molecule has 0 aromatic carbocycles. The minimum Gasteiger partial charge on any atom is -0.458 e. The van der Waals surface area contributed by atoms with Crippen molar-refractivity contribution in [2.24, 2.45) is 50.2 Å². The average molecular weight is 2160 g/mol. The normalized spacial score (nSPS) is 49.2. The van der Waals surface area contributed by atoms with Crippen LogP contribution in [0.25, 0.3) is 0 Å². The lowest BCUT2D eigenvalue weighted by atomic mass is 9.33. The number of carbonyl (C=O) groups excluding carboxylic acids is 3. The van der Waals surface area contributed by atoms with Crippen LogP contribution in [0, 0.1) is 50.2 Å². The molecular formula is C101H160O49. The zero-order chi connectivity index (χ0) is 110. The van der Waals surface area contributed by atoms with Gasteiger partial charge in [-0.3, -0.25) is 4.79 Å². The molecule has 0 amide bonds. The Morgan fingerprint density at radius 2 is 0.887 bits per heavy atom. The molecule has 4 saturated carbocycles. The van der Waals surface area contributed by atoms with Gasteiger partial charge in [-0.15, -0.1) is 13.2 Å². The number of hydrogen-bond acceptors (Lipinski definition) is 49. The number of fused-ring (bicyclic) bond motifs is 7. The van der Waals surface area contributed by atoms with Crippen LogP contribution < -0.4 is 0 Å². The summed E-state index contributed by atoms with van der Waals surface area (Å²) in [5.41, 5.74) is -8.73. The molecule has 0 radical (unpaired) electrons. The van der Waals surface area contributed by atoms with E-state index < -0.39 is 397 Å². The standard InChI is InChI=1S/C101H160O49/c1-16-96(11,149-89-74(125)65(116)58(109)41(4)134-89)26-18-20-40(3)82(128)143-77-42(5)136-90(75(126)69(77)120)150-97(12,17-2)27-19-21-44(33-102)83(129)141-57-32-101(93(130)148-92-81(68(119)62(113)50(35-104)139-92)147-88-76(127)79(145-87-73(124)66(117)61(112)49(34-103)137-87)78(43(6)135-88)144-86-71(122)63(114)51(36-105)138-86)46(30-94(57,7)8)45-22-23-54-98(13)28-25-56(95(9,10)53(98)24-29-99(54,14)100(45,15)31-55(101)108)142-85-72(123)67(118)64(115)52(140-85)39-133-91-80(60(111)48(107)38-132-91)146-84-70(121)59(110)47(106)37-131-84/h16-17,20-22,41-43,46-81,84-92,102-127H,1-2,18-19,23-39H2,3-15H3. The Balaban J connectivity index is 0.715. The minimum absolute atomic E-state index is 0.0581. The lowest BCUT2D eigenvalue weighted by molar-refractivity contribution is -0.390. The molecule has 26 N–H and O–H groups in total. The van der Waals surface area contributed by atoms with Crippen LogP contribution in [0.2, 0.25) is 0 Å². The fourth-order valence-corrected chi connectivity index (χ4v) is 25.4. The van der Waals surface area contributed by atoms with E-state index in [-0.39, 0.29) is 61.5 Å². The lowest BCUT2D eigenvalue weighted by Gasteiger charge is -2.72. The molecule has 49 heteroatoms. The molecule has 0 aromatic rings. The first-order chi connectivity index (χ1) is 70.3. The molecule has 0 bridgehead atoms. The number of allylic oxidation sites excluding steroid dienone is 4. The van der Waals surface area contributed by atoms with Crippen LogP contribution in [0.4, 0.5) is 0 Å². The SMILES string of the molecule is C=CC(C)(CCC=C(C)C(=O)OC1C(C)OC(OC(C)(C=C)CCC=C(CO)C(=O)OC2CC3(C(=O)OC4OC(CO)C(O)C(O)C4OC4OC(C)C(OC5OC(CO)C(O)C5O)C(OC5OC(CO)C(O)C(O)C5O)C4O)C(O)CC4(C)C(=CCC5C6(C)CCC(OC7OC(COC8OCC(O)C(O)C8OC8OCC(O)C(O)C8O)C(O)C(O)C7O)C(C)(C)C6CCC54C)C3CC2(C)C)C(O)C1O)OC1OC(C)C(O)C(O)C1O. The smallest absolute Gasteiger partial charge is 0.336 e. The van der Waals surface area contributed by atoms with Crippen LogP contribution in [0.5, 0.6) is 0 Å². The summed E-state index contributed by atoms with van der Waals surface area (Å²) < 4.78 is 121. The van der Waals surface area contributed by atoms with E-state index in [1.165, 1.54) is 52.0 Å². The van der Waals surface area contributed by atoms with Crippen LogP contribution in [0.3, 0.4) is 0 Å². The Kier molecular flexibility index (Phi) is 38.4. The Hall–Kier alpha value is -4.61. The van der Waals surface area contributed by atoms with E-state index in [0.29, 0.717) is 37.7 Å². The molecule has 13 fully saturated rings. The molecular weight excluding hydrogens is 2000 g/mol. The van der Waals surface area contributed by atoms with Gasteiger partial charge in [0.25, 0.3) is 0 Å². The van der Waals surface area contributed by atoms with Gasteiger partial charge in [0.05, 0.1) is 93.5 Å². The number of carbonyl (C=O) groups is 3. The molecule has 54 unspecified atom stereocenters. The molecule has 54 atom stereocenters. The molecule has 49 nitrogen and oxygen atoms in total. The molecule has 9 heterocycles. The van der Waals surface area contributed by atoms with Crippen LogP contribution in [0.1, 0.15) is 167 Å². The van der Waals surface area contributed by atoms with Crippen LogP contribution in [0.15, 0.2) is 60.3 Å². The number of esters is 3. The third-order valence-corrected chi connectivity index (χ3v) is 35.3. The number of rotatable bonds is 35. The first-order valence-corrected chi connectivity index (χ1v) is 51.8. The first kappa shape index (κ1) is 121. The van der Waals surface area contributed by atoms with E-state index in [2.05, 4.69) is 33.1 Å². The highest BCUT2D eigenvalue weighted by molar-refractivity contribution is 5.89. The van der Waals surface area contributed by atoms with E-state index in [0.717, 1.165) is 0 Å². The number of hydrogen-bond donors (Lipinski definition) is 26. The highest BCUT2D eigenvalue weighted by atomic mass is 16.8. The summed E-state index contributed by atoms with van der Waals surface area (Å²) in [7, 11) is 0. The fraction of sp³-hybridized carbons (Fsp3) is 0.871. The summed E-state index contributed by atoms with van der Waals surface area (Å²) in [4.78, 5) is 45.7. The quantitative estimate of drug-likeness (QED) is 0.00922. The van der Waals surface area contributed by atoms with Crippen molar-refractivity contribution in [1.82, 2.24) is 0 Å². The fourth-order valence-electron chi connectivity index (χ4n) is 25.4. The number of aliphatic hydroxyl groups is 26. The zero-order valence-corrected chi connectivity index (χ0v) is 86.5. The van der Waals surface area contributed by atoms with Crippen molar-refractivity contribution in [3.05, 3.63) is 60.3 Å². The topological polar surface area (TPSA) is 762 Å². The van der Waals surface area contributed by atoms with Gasteiger partial charge in [-0.2, -0.15) is 0 Å². The van der Waals surface area contributed by atoms with Crippen molar-refractivity contribution < 1.29 is 242 Å². The Morgan fingerprint density at radius 3 is 1.48 bits per heavy atom. The average Bonchev–Trinajstić information content (AvgIpc) is 0.749.